The van der Waals surface area contributed by atoms with E-state index in [-0.39, 0.29) is 34.9 Å². The summed E-state index contributed by atoms with van der Waals surface area (Å²) in [5.74, 6) is -0.0279. The summed E-state index contributed by atoms with van der Waals surface area (Å²) in [6.07, 6.45) is 1.54. The molecule has 2 aromatic heterocycles. The van der Waals surface area contributed by atoms with Crippen molar-refractivity contribution in [2.24, 2.45) is 5.73 Å². The van der Waals surface area contributed by atoms with Crippen LogP contribution in [0.3, 0.4) is 0 Å². The number of fused-ring (bicyclic) bond motifs is 1. The molecular weight excluding hydrogens is 413 g/mol. The van der Waals surface area contributed by atoms with E-state index in [4.69, 9.17) is 38.1 Å². The van der Waals surface area contributed by atoms with E-state index in [0.717, 1.165) is 0 Å². The van der Waals surface area contributed by atoms with E-state index in [2.05, 4.69) is 6.07 Å². The predicted octanol–water partition coefficient (Wildman–Crippen LogP) is 4.32. The molecule has 4 rings (SSSR count). The van der Waals surface area contributed by atoms with Crippen LogP contribution in [0.4, 0.5) is 0 Å². The topological polar surface area (TPSA) is 94.2 Å². The van der Waals surface area contributed by atoms with E-state index in [1.807, 2.05) is 0 Å². The fraction of sp³-hybridized carbons (Fsp3) is 0.143. The molecule has 0 radical (unpaired) electrons. The lowest BCUT2D eigenvalue weighted by atomic mass is 9.84. The Balaban J connectivity index is 2.00. The first-order valence-corrected chi connectivity index (χ1v) is 9.46. The SMILES string of the molecule is Cc1cc2c(c(=O)n1Cc1ccco1)C(c1c(Cl)cccc1Cl)C(C#N)=C(N)O2. The van der Waals surface area contributed by atoms with Crippen LogP contribution in [0.1, 0.15) is 28.5 Å². The summed E-state index contributed by atoms with van der Waals surface area (Å²) in [6.45, 7) is 2.01. The molecule has 8 heteroatoms. The van der Waals surface area contributed by atoms with Gasteiger partial charge in [-0.25, -0.2) is 0 Å². The molecule has 1 unspecified atom stereocenters. The third-order valence-electron chi connectivity index (χ3n) is 4.87. The van der Waals surface area contributed by atoms with Gasteiger partial charge in [-0.15, -0.1) is 0 Å². The van der Waals surface area contributed by atoms with E-state index in [1.54, 1.807) is 54.2 Å². The van der Waals surface area contributed by atoms with Crippen molar-refractivity contribution >= 4 is 23.2 Å². The van der Waals surface area contributed by atoms with Gasteiger partial charge in [0.25, 0.3) is 5.56 Å². The number of allylic oxidation sites excluding steroid dienone is 1. The molecule has 0 saturated carbocycles. The molecule has 0 bridgehead atoms. The number of benzene rings is 1. The Morgan fingerprint density at radius 2 is 1.93 bits per heavy atom. The lowest BCUT2D eigenvalue weighted by molar-refractivity contribution is 0.387. The van der Waals surface area contributed by atoms with Crippen molar-refractivity contribution in [3.63, 3.8) is 0 Å². The Kier molecular flexibility index (Phi) is 4.87. The predicted molar refractivity (Wildman–Crippen MR) is 109 cm³/mol. The van der Waals surface area contributed by atoms with Crippen LogP contribution in [0.2, 0.25) is 10.0 Å². The van der Waals surface area contributed by atoms with Crippen LogP contribution in [-0.2, 0) is 6.54 Å². The van der Waals surface area contributed by atoms with Crippen LogP contribution in [0, 0.1) is 18.3 Å². The van der Waals surface area contributed by atoms with Crippen molar-refractivity contribution in [3.05, 3.63) is 97.1 Å². The van der Waals surface area contributed by atoms with Gasteiger partial charge in [0.2, 0.25) is 5.88 Å². The van der Waals surface area contributed by atoms with Crippen molar-refractivity contribution < 1.29 is 9.15 Å². The van der Waals surface area contributed by atoms with Gasteiger partial charge in [-0.3, -0.25) is 4.79 Å². The summed E-state index contributed by atoms with van der Waals surface area (Å²) in [5.41, 5.74) is 7.09. The molecule has 6 nitrogen and oxygen atoms in total. The first-order chi connectivity index (χ1) is 13.9. The lowest BCUT2D eigenvalue weighted by Crippen LogP contribution is -2.33. The van der Waals surface area contributed by atoms with Crippen molar-refractivity contribution in [3.8, 4) is 11.8 Å². The molecule has 1 aliphatic rings. The number of aromatic nitrogens is 1. The van der Waals surface area contributed by atoms with E-state index >= 15 is 0 Å². The minimum absolute atomic E-state index is 0.0800. The molecule has 2 N–H and O–H groups in total. The lowest BCUT2D eigenvalue weighted by Gasteiger charge is -2.28. The standard InChI is InChI=1S/C21H15Cl2N3O3/c1-11-8-16-19(21(27)26(11)10-12-4-3-7-28-12)17(13(9-24)20(25)29-16)18-14(22)5-2-6-15(18)23/h2-8,17H,10,25H2,1H3. The zero-order valence-corrected chi connectivity index (χ0v) is 16.8. The number of rotatable bonds is 3. The number of nitriles is 1. The Bertz CT molecular complexity index is 1220. The van der Waals surface area contributed by atoms with Crippen LogP contribution in [0.15, 0.2) is 63.3 Å². The zero-order valence-electron chi connectivity index (χ0n) is 15.3. The number of hydrogen-bond donors (Lipinski definition) is 1. The first kappa shape index (κ1) is 19.2. The van der Waals surface area contributed by atoms with Gasteiger partial charge in [0.15, 0.2) is 0 Å². The zero-order chi connectivity index (χ0) is 20.7. The van der Waals surface area contributed by atoms with Crippen LogP contribution in [0.25, 0.3) is 0 Å². The summed E-state index contributed by atoms with van der Waals surface area (Å²) >= 11 is 12.8. The van der Waals surface area contributed by atoms with Crippen molar-refractivity contribution in [2.75, 3.05) is 0 Å². The Morgan fingerprint density at radius 3 is 2.55 bits per heavy atom. The molecule has 146 valence electrons. The summed E-state index contributed by atoms with van der Waals surface area (Å²) in [6, 6.07) is 12.3. The summed E-state index contributed by atoms with van der Waals surface area (Å²) in [7, 11) is 0. The highest BCUT2D eigenvalue weighted by atomic mass is 35.5. The number of aryl methyl sites for hydroxylation is 1. The molecule has 3 aromatic rings. The fourth-order valence-corrected chi connectivity index (χ4v) is 4.13. The summed E-state index contributed by atoms with van der Waals surface area (Å²) in [4.78, 5) is 13.5. The normalized spacial score (nSPS) is 15.6. The Labute approximate surface area is 176 Å². The molecule has 3 heterocycles. The minimum atomic E-state index is -0.846. The second-order valence-corrected chi connectivity index (χ2v) is 7.41. The van der Waals surface area contributed by atoms with Crippen molar-refractivity contribution in [2.45, 2.75) is 19.4 Å². The van der Waals surface area contributed by atoms with E-state index < -0.39 is 5.92 Å². The van der Waals surface area contributed by atoms with Gasteiger partial charge in [-0.2, -0.15) is 5.26 Å². The Hall–Kier alpha value is -3.14. The van der Waals surface area contributed by atoms with E-state index in [1.165, 1.54) is 0 Å². The van der Waals surface area contributed by atoms with Crippen LogP contribution >= 0.6 is 23.2 Å². The maximum Gasteiger partial charge on any atom is 0.259 e. The van der Waals surface area contributed by atoms with Crippen LogP contribution in [0.5, 0.6) is 5.75 Å². The number of pyridine rings is 1. The molecule has 0 fully saturated rings. The minimum Gasteiger partial charge on any atom is -0.467 e. The number of ether oxygens (including phenoxy) is 1. The smallest absolute Gasteiger partial charge is 0.259 e. The van der Waals surface area contributed by atoms with Crippen LogP contribution < -0.4 is 16.0 Å². The third kappa shape index (κ3) is 3.19. The fourth-order valence-electron chi connectivity index (χ4n) is 3.52. The highest BCUT2D eigenvalue weighted by molar-refractivity contribution is 6.36. The number of nitrogens with two attached hydrogens (primary N) is 1. The van der Waals surface area contributed by atoms with Gasteiger partial charge in [0, 0.05) is 27.4 Å². The van der Waals surface area contributed by atoms with E-state index in [0.29, 0.717) is 27.1 Å². The van der Waals surface area contributed by atoms with Gasteiger partial charge in [-0.1, -0.05) is 29.3 Å². The Morgan fingerprint density at radius 1 is 1.21 bits per heavy atom. The maximum absolute atomic E-state index is 13.5. The molecular formula is C21H15Cl2N3O3. The van der Waals surface area contributed by atoms with Crippen molar-refractivity contribution in [1.29, 1.82) is 5.26 Å². The largest absolute Gasteiger partial charge is 0.467 e. The molecule has 0 saturated heterocycles. The van der Waals surface area contributed by atoms with Crippen molar-refractivity contribution in [1.82, 2.24) is 4.57 Å². The third-order valence-corrected chi connectivity index (χ3v) is 5.53. The highest BCUT2D eigenvalue weighted by Crippen LogP contribution is 2.45. The van der Waals surface area contributed by atoms with Gasteiger partial charge in [-0.05, 0) is 31.2 Å². The maximum atomic E-state index is 13.5. The quantitative estimate of drug-likeness (QED) is 0.671. The average Bonchev–Trinajstić information content (AvgIpc) is 3.18. The summed E-state index contributed by atoms with van der Waals surface area (Å²) in [5, 5.41) is 10.4. The van der Waals surface area contributed by atoms with Gasteiger partial charge < -0.3 is 19.5 Å². The molecule has 1 aromatic carbocycles. The first-order valence-electron chi connectivity index (χ1n) is 8.70. The number of furan rings is 1. The van der Waals surface area contributed by atoms with Gasteiger partial charge in [0.1, 0.15) is 23.2 Å². The molecule has 1 atom stereocenters. The van der Waals surface area contributed by atoms with Gasteiger partial charge >= 0.3 is 0 Å². The second kappa shape index (κ2) is 7.36. The monoisotopic (exact) mass is 427 g/mol. The average molecular weight is 428 g/mol. The van der Waals surface area contributed by atoms with Gasteiger partial charge in [0.05, 0.1) is 24.3 Å². The highest BCUT2D eigenvalue weighted by Gasteiger charge is 2.36. The molecule has 0 amide bonds. The van der Waals surface area contributed by atoms with Crippen LogP contribution in [-0.4, -0.2) is 4.57 Å². The molecule has 0 aliphatic carbocycles. The summed E-state index contributed by atoms with van der Waals surface area (Å²) < 4.78 is 12.6. The second-order valence-electron chi connectivity index (χ2n) is 6.59. The number of nitrogens with zero attached hydrogens (tertiary/aromatic N) is 2. The number of hydrogen-bond acceptors (Lipinski definition) is 5. The molecule has 1 aliphatic heterocycles. The molecule has 0 spiro atoms. The number of halogens is 2. The van der Waals surface area contributed by atoms with E-state index in [9.17, 15) is 10.1 Å². The molecule has 29 heavy (non-hydrogen) atoms.